The molecule has 2 aromatic heterocycles. The van der Waals surface area contributed by atoms with Gasteiger partial charge in [0, 0.05) is 43.9 Å². The second-order valence-corrected chi connectivity index (χ2v) is 5.84. The second kappa shape index (κ2) is 6.24. The van der Waals surface area contributed by atoms with Gasteiger partial charge in [-0.05, 0) is 30.7 Å². The van der Waals surface area contributed by atoms with Crippen LogP contribution in [0.4, 0.5) is 0 Å². The fourth-order valence-electron chi connectivity index (χ4n) is 3.10. The highest BCUT2D eigenvalue weighted by Gasteiger charge is 2.38. The van der Waals surface area contributed by atoms with Gasteiger partial charge in [-0.15, -0.1) is 0 Å². The van der Waals surface area contributed by atoms with Gasteiger partial charge in [0.05, 0.1) is 12.3 Å². The van der Waals surface area contributed by atoms with Crippen molar-refractivity contribution in [1.29, 1.82) is 0 Å². The van der Waals surface area contributed by atoms with Crippen LogP contribution in [0, 0.1) is 12.8 Å². The highest BCUT2D eigenvalue weighted by atomic mass is 16.3. The maximum atomic E-state index is 12.2. The summed E-state index contributed by atoms with van der Waals surface area (Å²) in [4.78, 5) is 30.0. The monoisotopic (exact) mass is 313 g/mol. The van der Waals surface area contributed by atoms with Gasteiger partial charge in [0.2, 0.25) is 5.91 Å². The van der Waals surface area contributed by atoms with Crippen molar-refractivity contribution in [2.24, 2.45) is 5.92 Å². The Bertz CT molecular complexity index is 711. The molecule has 0 aliphatic carbocycles. The molecular weight excluding hydrogens is 294 g/mol. The summed E-state index contributed by atoms with van der Waals surface area (Å²) in [5.41, 5.74) is 1.83. The number of carbonyl (C=O) groups excluding carboxylic acids is 2. The van der Waals surface area contributed by atoms with E-state index >= 15 is 0 Å². The van der Waals surface area contributed by atoms with Crippen molar-refractivity contribution in [1.82, 2.24) is 15.2 Å². The fourth-order valence-corrected chi connectivity index (χ4v) is 3.10. The molecule has 6 heteroatoms. The first-order valence-electron chi connectivity index (χ1n) is 7.56. The Hall–Kier alpha value is -2.63. The predicted octanol–water partition coefficient (Wildman–Crippen LogP) is 1.93. The van der Waals surface area contributed by atoms with Crippen molar-refractivity contribution in [3.8, 4) is 0 Å². The largest absolute Gasteiger partial charge is 0.459 e. The molecule has 0 saturated carbocycles. The van der Waals surface area contributed by atoms with Gasteiger partial charge in [0.25, 0.3) is 5.91 Å². The lowest BCUT2D eigenvalue weighted by atomic mass is 9.94. The topological polar surface area (TPSA) is 75.4 Å². The molecule has 3 heterocycles. The molecule has 6 nitrogen and oxygen atoms in total. The van der Waals surface area contributed by atoms with E-state index in [0.29, 0.717) is 18.7 Å². The molecule has 1 fully saturated rings. The van der Waals surface area contributed by atoms with E-state index in [9.17, 15) is 9.59 Å². The highest BCUT2D eigenvalue weighted by Crippen LogP contribution is 2.36. The average Bonchev–Trinajstić information content (AvgIpc) is 3.10. The summed E-state index contributed by atoms with van der Waals surface area (Å²) in [5, 5.41) is 2.88. The van der Waals surface area contributed by atoms with Crippen LogP contribution in [0.25, 0.3) is 0 Å². The zero-order valence-electron chi connectivity index (χ0n) is 13.2. The minimum Gasteiger partial charge on any atom is -0.459 e. The van der Waals surface area contributed by atoms with Crippen LogP contribution >= 0.6 is 0 Å². The predicted molar refractivity (Wildman–Crippen MR) is 83.6 cm³/mol. The van der Waals surface area contributed by atoms with Crippen LogP contribution in [-0.4, -0.2) is 35.3 Å². The zero-order valence-corrected chi connectivity index (χ0v) is 13.2. The van der Waals surface area contributed by atoms with Gasteiger partial charge in [0.15, 0.2) is 5.76 Å². The summed E-state index contributed by atoms with van der Waals surface area (Å²) in [6.45, 7) is 2.24. The molecule has 3 rings (SSSR count). The Morgan fingerprint density at radius 2 is 2.13 bits per heavy atom. The number of carbonyl (C=O) groups is 2. The van der Waals surface area contributed by atoms with E-state index in [1.54, 1.807) is 30.4 Å². The quantitative estimate of drug-likeness (QED) is 0.936. The highest BCUT2D eigenvalue weighted by molar-refractivity contribution is 5.92. The van der Waals surface area contributed by atoms with Gasteiger partial charge in [0.1, 0.15) is 0 Å². The van der Waals surface area contributed by atoms with Crippen LogP contribution in [0.1, 0.15) is 34.1 Å². The first kappa shape index (κ1) is 15.3. The number of nitrogens with one attached hydrogen (secondary N) is 1. The Kier molecular flexibility index (Phi) is 4.14. The third-order valence-electron chi connectivity index (χ3n) is 4.33. The Morgan fingerprint density at radius 1 is 1.39 bits per heavy atom. The number of hydrogen-bond donors (Lipinski definition) is 1. The number of hydrogen-bond acceptors (Lipinski definition) is 4. The SMILES string of the molecule is Cc1ccoc1C(=O)NC[C@@H]1CC(=O)N(C)[C@H]1c1ccncc1. The van der Waals surface area contributed by atoms with Crippen molar-refractivity contribution < 1.29 is 14.0 Å². The van der Waals surface area contributed by atoms with Crippen LogP contribution in [0.3, 0.4) is 0 Å². The van der Waals surface area contributed by atoms with Gasteiger partial charge < -0.3 is 14.6 Å². The molecule has 23 heavy (non-hydrogen) atoms. The molecule has 2 atom stereocenters. The number of pyridine rings is 1. The van der Waals surface area contributed by atoms with Gasteiger partial charge in [-0.2, -0.15) is 0 Å². The number of amides is 2. The molecule has 120 valence electrons. The summed E-state index contributed by atoms with van der Waals surface area (Å²) in [6, 6.07) is 5.52. The number of aryl methyl sites for hydroxylation is 1. The standard InChI is InChI=1S/C17H19N3O3/c1-11-5-8-23-16(11)17(22)19-10-13-9-14(21)20(2)15(13)12-3-6-18-7-4-12/h3-8,13,15H,9-10H2,1-2H3,(H,19,22)/t13-,15-/m0/s1. The molecule has 0 spiro atoms. The van der Waals surface area contributed by atoms with E-state index in [1.807, 2.05) is 19.1 Å². The number of aromatic nitrogens is 1. The third kappa shape index (κ3) is 2.97. The molecule has 0 bridgehead atoms. The molecule has 0 radical (unpaired) electrons. The van der Waals surface area contributed by atoms with Crippen LogP contribution in [-0.2, 0) is 4.79 Å². The van der Waals surface area contributed by atoms with Gasteiger partial charge in [-0.25, -0.2) is 0 Å². The van der Waals surface area contributed by atoms with Crippen LogP contribution in [0.15, 0.2) is 41.3 Å². The first-order valence-corrected chi connectivity index (χ1v) is 7.56. The molecule has 2 amide bonds. The summed E-state index contributed by atoms with van der Waals surface area (Å²) < 4.78 is 5.20. The molecule has 1 saturated heterocycles. The van der Waals surface area contributed by atoms with Gasteiger partial charge in [-0.1, -0.05) is 0 Å². The fraction of sp³-hybridized carbons (Fsp3) is 0.353. The van der Waals surface area contributed by atoms with E-state index in [4.69, 9.17) is 4.42 Å². The first-order chi connectivity index (χ1) is 11.1. The van der Waals surface area contributed by atoms with Crippen LogP contribution in [0.2, 0.25) is 0 Å². The lowest BCUT2D eigenvalue weighted by Crippen LogP contribution is -2.32. The lowest BCUT2D eigenvalue weighted by Gasteiger charge is -2.25. The van der Waals surface area contributed by atoms with E-state index in [-0.39, 0.29) is 23.8 Å². The maximum Gasteiger partial charge on any atom is 0.287 e. The summed E-state index contributed by atoms with van der Waals surface area (Å²) in [6.07, 6.45) is 5.35. The minimum absolute atomic E-state index is 0.0223. The van der Waals surface area contributed by atoms with Crippen molar-refractivity contribution in [3.05, 3.63) is 53.7 Å². The number of furan rings is 1. The molecular formula is C17H19N3O3. The van der Waals surface area contributed by atoms with E-state index in [2.05, 4.69) is 10.3 Å². The Morgan fingerprint density at radius 3 is 2.78 bits per heavy atom. The molecule has 0 aromatic carbocycles. The van der Waals surface area contributed by atoms with Crippen molar-refractivity contribution in [2.75, 3.05) is 13.6 Å². The molecule has 2 aromatic rings. The van der Waals surface area contributed by atoms with Crippen LogP contribution in [0.5, 0.6) is 0 Å². The summed E-state index contributed by atoms with van der Waals surface area (Å²) in [5.74, 6) is 0.181. The smallest absolute Gasteiger partial charge is 0.287 e. The molecule has 0 unspecified atom stereocenters. The molecule has 1 aliphatic rings. The second-order valence-electron chi connectivity index (χ2n) is 5.84. The van der Waals surface area contributed by atoms with Crippen molar-refractivity contribution in [2.45, 2.75) is 19.4 Å². The summed E-state index contributed by atoms with van der Waals surface area (Å²) in [7, 11) is 1.80. The number of nitrogens with zero attached hydrogens (tertiary/aromatic N) is 2. The van der Waals surface area contributed by atoms with E-state index in [1.165, 1.54) is 6.26 Å². The summed E-state index contributed by atoms with van der Waals surface area (Å²) >= 11 is 0. The Labute approximate surface area is 134 Å². The van der Waals surface area contributed by atoms with E-state index in [0.717, 1.165) is 11.1 Å². The molecule has 1 N–H and O–H groups in total. The lowest BCUT2D eigenvalue weighted by molar-refractivity contribution is -0.127. The van der Waals surface area contributed by atoms with Gasteiger partial charge in [-0.3, -0.25) is 14.6 Å². The minimum atomic E-state index is -0.247. The van der Waals surface area contributed by atoms with Gasteiger partial charge >= 0.3 is 0 Å². The third-order valence-corrected chi connectivity index (χ3v) is 4.33. The normalized spacial score (nSPS) is 20.8. The zero-order chi connectivity index (χ0) is 16.4. The van der Waals surface area contributed by atoms with Crippen molar-refractivity contribution >= 4 is 11.8 Å². The Balaban J connectivity index is 1.72. The number of rotatable bonds is 4. The van der Waals surface area contributed by atoms with Crippen molar-refractivity contribution in [3.63, 3.8) is 0 Å². The van der Waals surface area contributed by atoms with E-state index < -0.39 is 0 Å². The van der Waals surface area contributed by atoms with Crippen LogP contribution < -0.4 is 5.32 Å². The molecule has 1 aliphatic heterocycles. The maximum absolute atomic E-state index is 12.2. The number of likely N-dealkylation sites (tertiary alicyclic amines) is 1. The average molecular weight is 313 g/mol.